The van der Waals surface area contributed by atoms with Crippen LogP contribution in [0, 0.1) is 0 Å². The Bertz CT molecular complexity index is 678. The number of benzene rings is 1. The quantitative estimate of drug-likeness (QED) is 0.574. The Kier molecular flexibility index (Phi) is 8.71. The lowest BCUT2D eigenvalue weighted by Gasteiger charge is -2.17. The van der Waals surface area contributed by atoms with Crippen LogP contribution in [0.25, 0.3) is 0 Å². The fraction of sp³-hybridized carbons (Fsp3) is 0.476. The molecule has 0 aliphatic carbocycles. The SMILES string of the molecule is CCOc1ccc(OCc2ccc(C(=O)NCCCN(CC)CC)o2)cc1. The van der Waals surface area contributed by atoms with Gasteiger partial charge in [0.1, 0.15) is 23.9 Å². The molecule has 0 aliphatic rings. The molecule has 0 saturated heterocycles. The first-order chi connectivity index (χ1) is 13.2. The van der Waals surface area contributed by atoms with Gasteiger partial charge < -0.3 is 24.1 Å². The maximum absolute atomic E-state index is 12.1. The van der Waals surface area contributed by atoms with Crippen molar-refractivity contribution in [3.8, 4) is 11.5 Å². The fourth-order valence-electron chi connectivity index (χ4n) is 2.66. The number of nitrogens with zero attached hydrogens (tertiary/aromatic N) is 1. The molecule has 0 atom stereocenters. The summed E-state index contributed by atoms with van der Waals surface area (Å²) in [6.07, 6.45) is 0.918. The zero-order chi connectivity index (χ0) is 19.5. The third-order valence-electron chi connectivity index (χ3n) is 4.23. The lowest BCUT2D eigenvalue weighted by atomic mass is 10.3. The highest BCUT2D eigenvalue weighted by Gasteiger charge is 2.11. The van der Waals surface area contributed by atoms with Crippen molar-refractivity contribution in [3.05, 3.63) is 47.9 Å². The summed E-state index contributed by atoms with van der Waals surface area (Å²) < 4.78 is 16.7. The molecule has 0 unspecified atom stereocenters. The number of carbonyl (C=O) groups is 1. The van der Waals surface area contributed by atoms with Crippen molar-refractivity contribution in [1.82, 2.24) is 10.2 Å². The van der Waals surface area contributed by atoms with Crippen molar-refractivity contribution >= 4 is 5.91 Å². The Morgan fingerprint density at radius 1 is 1.00 bits per heavy atom. The van der Waals surface area contributed by atoms with Crippen molar-refractivity contribution in [1.29, 1.82) is 0 Å². The van der Waals surface area contributed by atoms with Gasteiger partial charge in [-0.15, -0.1) is 0 Å². The second-order valence-corrected chi connectivity index (χ2v) is 6.10. The van der Waals surface area contributed by atoms with Gasteiger partial charge in [-0.3, -0.25) is 4.79 Å². The van der Waals surface area contributed by atoms with Crippen LogP contribution in [0.4, 0.5) is 0 Å². The second-order valence-electron chi connectivity index (χ2n) is 6.10. The highest BCUT2D eigenvalue weighted by Crippen LogP contribution is 2.19. The molecule has 0 spiro atoms. The molecule has 0 saturated carbocycles. The third-order valence-corrected chi connectivity index (χ3v) is 4.23. The Labute approximate surface area is 161 Å². The Morgan fingerprint density at radius 2 is 1.67 bits per heavy atom. The van der Waals surface area contributed by atoms with Gasteiger partial charge in [0.2, 0.25) is 0 Å². The standard InChI is InChI=1S/C21H30N2O4/c1-4-23(5-2)15-7-14-22-21(24)20-13-12-19(27-20)16-26-18-10-8-17(9-11-18)25-6-3/h8-13H,4-7,14-16H2,1-3H3,(H,22,24). The summed E-state index contributed by atoms with van der Waals surface area (Å²) in [4.78, 5) is 14.5. The van der Waals surface area contributed by atoms with Gasteiger partial charge in [0.25, 0.3) is 5.91 Å². The largest absolute Gasteiger partial charge is 0.494 e. The molecule has 0 bridgehead atoms. The van der Waals surface area contributed by atoms with Gasteiger partial charge >= 0.3 is 0 Å². The Hall–Kier alpha value is -2.47. The fourth-order valence-corrected chi connectivity index (χ4v) is 2.66. The van der Waals surface area contributed by atoms with E-state index in [9.17, 15) is 4.79 Å². The molecule has 6 nitrogen and oxygen atoms in total. The number of ether oxygens (including phenoxy) is 2. The molecule has 0 aliphatic heterocycles. The van der Waals surface area contributed by atoms with Crippen molar-refractivity contribution in [2.45, 2.75) is 33.8 Å². The van der Waals surface area contributed by atoms with E-state index in [-0.39, 0.29) is 12.5 Å². The predicted molar refractivity (Wildman–Crippen MR) is 105 cm³/mol. The Morgan fingerprint density at radius 3 is 2.30 bits per heavy atom. The molecule has 6 heteroatoms. The minimum absolute atomic E-state index is 0.193. The molecule has 1 N–H and O–H groups in total. The van der Waals surface area contributed by atoms with Gasteiger partial charge in [0.15, 0.2) is 5.76 Å². The summed E-state index contributed by atoms with van der Waals surface area (Å²) in [7, 11) is 0. The maximum Gasteiger partial charge on any atom is 0.286 e. The number of carbonyl (C=O) groups excluding carboxylic acids is 1. The Balaban J connectivity index is 1.74. The van der Waals surface area contributed by atoms with E-state index in [0.29, 0.717) is 24.7 Å². The zero-order valence-corrected chi connectivity index (χ0v) is 16.5. The number of rotatable bonds is 12. The van der Waals surface area contributed by atoms with Gasteiger partial charge in [-0.25, -0.2) is 0 Å². The molecule has 27 heavy (non-hydrogen) atoms. The first-order valence-corrected chi connectivity index (χ1v) is 9.61. The van der Waals surface area contributed by atoms with Gasteiger partial charge in [0, 0.05) is 6.54 Å². The van der Waals surface area contributed by atoms with Crippen LogP contribution in [0.15, 0.2) is 40.8 Å². The molecule has 0 radical (unpaired) electrons. The molecule has 2 aromatic rings. The molecule has 0 fully saturated rings. The van der Waals surface area contributed by atoms with E-state index in [1.165, 1.54) is 0 Å². The summed E-state index contributed by atoms with van der Waals surface area (Å²) in [6, 6.07) is 10.8. The molecule has 2 rings (SSSR count). The van der Waals surface area contributed by atoms with E-state index in [1.807, 2.05) is 31.2 Å². The van der Waals surface area contributed by atoms with Crippen molar-refractivity contribution in [2.75, 3.05) is 32.8 Å². The number of hydrogen-bond acceptors (Lipinski definition) is 5. The third kappa shape index (κ3) is 6.98. The summed E-state index contributed by atoms with van der Waals surface area (Å²) >= 11 is 0. The van der Waals surface area contributed by atoms with E-state index in [2.05, 4.69) is 24.1 Å². The van der Waals surface area contributed by atoms with Crippen molar-refractivity contribution < 1.29 is 18.7 Å². The van der Waals surface area contributed by atoms with Gasteiger partial charge in [-0.05, 0) is 69.4 Å². The van der Waals surface area contributed by atoms with Gasteiger partial charge in [-0.1, -0.05) is 13.8 Å². The van der Waals surface area contributed by atoms with Crippen LogP contribution >= 0.6 is 0 Å². The van der Waals surface area contributed by atoms with Crippen molar-refractivity contribution in [3.63, 3.8) is 0 Å². The molecule has 1 amide bonds. The second kappa shape index (κ2) is 11.3. The maximum atomic E-state index is 12.1. The molecule has 1 heterocycles. The summed E-state index contributed by atoms with van der Waals surface area (Å²) in [6.45, 7) is 10.8. The lowest BCUT2D eigenvalue weighted by Crippen LogP contribution is -2.29. The predicted octanol–water partition coefficient (Wildman–Crippen LogP) is 3.72. The summed E-state index contributed by atoms with van der Waals surface area (Å²) in [5, 5.41) is 2.89. The van der Waals surface area contributed by atoms with Crippen LogP contribution in [0.2, 0.25) is 0 Å². The first kappa shape index (κ1) is 20.8. The number of nitrogens with one attached hydrogen (secondary N) is 1. The monoisotopic (exact) mass is 374 g/mol. The minimum atomic E-state index is -0.193. The van der Waals surface area contributed by atoms with Crippen LogP contribution in [-0.2, 0) is 6.61 Å². The highest BCUT2D eigenvalue weighted by molar-refractivity contribution is 5.91. The molecule has 1 aromatic carbocycles. The van der Waals surface area contributed by atoms with Crippen LogP contribution in [0.1, 0.15) is 43.5 Å². The van der Waals surface area contributed by atoms with E-state index < -0.39 is 0 Å². The molecular weight excluding hydrogens is 344 g/mol. The van der Waals surface area contributed by atoms with E-state index in [0.717, 1.165) is 37.6 Å². The topological polar surface area (TPSA) is 63.9 Å². The van der Waals surface area contributed by atoms with E-state index >= 15 is 0 Å². The molecule has 148 valence electrons. The highest BCUT2D eigenvalue weighted by atomic mass is 16.5. The van der Waals surface area contributed by atoms with Gasteiger partial charge in [0.05, 0.1) is 6.61 Å². The van der Waals surface area contributed by atoms with Crippen LogP contribution in [0.3, 0.4) is 0 Å². The number of hydrogen-bond donors (Lipinski definition) is 1. The molecular formula is C21H30N2O4. The van der Waals surface area contributed by atoms with Crippen LogP contribution in [0.5, 0.6) is 11.5 Å². The minimum Gasteiger partial charge on any atom is -0.494 e. The van der Waals surface area contributed by atoms with Crippen LogP contribution < -0.4 is 14.8 Å². The van der Waals surface area contributed by atoms with Gasteiger partial charge in [-0.2, -0.15) is 0 Å². The molecule has 1 aromatic heterocycles. The zero-order valence-electron chi connectivity index (χ0n) is 16.5. The van der Waals surface area contributed by atoms with E-state index in [1.54, 1.807) is 12.1 Å². The smallest absolute Gasteiger partial charge is 0.286 e. The first-order valence-electron chi connectivity index (χ1n) is 9.61. The summed E-state index contributed by atoms with van der Waals surface area (Å²) in [5.74, 6) is 2.25. The average molecular weight is 374 g/mol. The lowest BCUT2D eigenvalue weighted by molar-refractivity contribution is 0.0920. The van der Waals surface area contributed by atoms with Crippen LogP contribution in [-0.4, -0.2) is 43.6 Å². The summed E-state index contributed by atoms with van der Waals surface area (Å²) in [5.41, 5.74) is 0. The van der Waals surface area contributed by atoms with E-state index in [4.69, 9.17) is 13.9 Å². The number of amides is 1. The normalized spacial score (nSPS) is 10.8. The number of furan rings is 1. The van der Waals surface area contributed by atoms with Crippen molar-refractivity contribution in [2.24, 2.45) is 0 Å². The average Bonchev–Trinajstić information content (AvgIpc) is 3.17.